The number of amides is 1. The maximum atomic E-state index is 11.1. The molecule has 0 atom stereocenters. The van der Waals surface area contributed by atoms with E-state index in [0.717, 1.165) is 5.75 Å². The molecule has 4 heteroatoms. The summed E-state index contributed by atoms with van der Waals surface area (Å²) in [5, 5.41) is 0. The van der Waals surface area contributed by atoms with Crippen molar-refractivity contribution in [1.82, 2.24) is 10.9 Å². The number of aryl methyl sites for hydroxylation is 1. The molecule has 1 aromatic carbocycles. The Bertz CT molecular complexity index is 322. The third-order valence-electron chi connectivity index (χ3n) is 2.10. The van der Waals surface area contributed by atoms with Crippen LogP contribution in [0.3, 0.4) is 0 Å². The Balaban J connectivity index is 2.16. The van der Waals surface area contributed by atoms with E-state index < -0.39 is 0 Å². The van der Waals surface area contributed by atoms with E-state index >= 15 is 0 Å². The minimum absolute atomic E-state index is 0.0185. The second kappa shape index (κ2) is 6.85. The van der Waals surface area contributed by atoms with Crippen LogP contribution < -0.4 is 15.6 Å². The van der Waals surface area contributed by atoms with Crippen LogP contribution >= 0.6 is 0 Å². The SMILES string of the molecule is CNNC(=O)CCCOc1ccc(C)cc1. The Morgan fingerprint density at radius 3 is 2.62 bits per heavy atom. The summed E-state index contributed by atoms with van der Waals surface area (Å²) in [6.07, 6.45) is 1.17. The topological polar surface area (TPSA) is 50.4 Å². The lowest BCUT2D eigenvalue weighted by atomic mass is 10.2. The van der Waals surface area contributed by atoms with Gasteiger partial charge in [0.2, 0.25) is 5.91 Å². The molecule has 0 aliphatic carbocycles. The molecule has 0 heterocycles. The molecule has 0 saturated carbocycles. The van der Waals surface area contributed by atoms with Crippen LogP contribution in [0.4, 0.5) is 0 Å². The van der Waals surface area contributed by atoms with E-state index in [2.05, 4.69) is 10.9 Å². The highest BCUT2D eigenvalue weighted by Gasteiger charge is 1.99. The van der Waals surface area contributed by atoms with Gasteiger partial charge in [-0.25, -0.2) is 5.43 Å². The van der Waals surface area contributed by atoms with Crippen molar-refractivity contribution >= 4 is 5.91 Å². The number of hydrogen-bond donors (Lipinski definition) is 2. The normalized spacial score (nSPS) is 9.88. The molecule has 0 radical (unpaired) electrons. The van der Waals surface area contributed by atoms with Crippen molar-refractivity contribution in [3.05, 3.63) is 29.8 Å². The van der Waals surface area contributed by atoms with Crippen LogP contribution in [0.2, 0.25) is 0 Å². The predicted octanol–water partition coefficient (Wildman–Crippen LogP) is 1.40. The smallest absolute Gasteiger partial charge is 0.234 e. The number of rotatable bonds is 6. The number of carbonyl (C=O) groups excluding carboxylic acids is 1. The van der Waals surface area contributed by atoms with E-state index in [1.807, 2.05) is 31.2 Å². The molecule has 0 bridgehead atoms. The number of hydrogen-bond acceptors (Lipinski definition) is 3. The molecular weight excluding hydrogens is 204 g/mol. The fraction of sp³-hybridized carbons (Fsp3) is 0.417. The van der Waals surface area contributed by atoms with Gasteiger partial charge in [0.15, 0.2) is 0 Å². The van der Waals surface area contributed by atoms with Gasteiger partial charge in [-0.3, -0.25) is 10.2 Å². The summed E-state index contributed by atoms with van der Waals surface area (Å²) in [4.78, 5) is 11.1. The van der Waals surface area contributed by atoms with Gasteiger partial charge < -0.3 is 4.74 Å². The summed E-state index contributed by atoms with van der Waals surface area (Å²) < 4.78 is 5.49. The number of nitrogens with one attached hydrogen (secondary N) is 2. The highest BCUT2D eigenvalue weighted by Crippen LogP contribution is 2.11. The van der Waals surface area contributed by atoms with E-state index in [9.17, 15) is 4.79 Å². The fourth-order valence-corrected chi connectivity index (χ4v) is 1.26. The molecule has 0 fully saturated rings. The minimum Gasteiger partial charge on any atom is -0.494 e. The van der Waals surface area contributed by atoms with Gasteiger partial charge in [-0.15, -0.1) is 0 Å². The van der Waals surface area contributed by atoms with Crippen molar-refractivity contribution in [3.8, 4) is 5.75 Å². The van der Waals surface area contributed by atoms with Crippen molar-refractivity contribution in [1.29, 1.82) is 0 Å². The van der Waals surface area contributed by atoms with Gasteiger partial charge in [0.1, 0.15) is 5.75 Å². The Labute approximate surface area is 96.0 Å². The summed E-state index contributed by atoms with van der Waals surface area (Å²) in [5.74, 6) is 0.828. The number of hydrazine groups is 1. The third kappa shape index (κ3) is 4.79. The van der Waals surface area contributed by atoms with Gasteiger partial charge in [0.05, 0.1) is 6.61 Å². The first kappa shape index (κ1) is 12.5. The molecule has 16 heavy (non-hydrogen) atoms. The first-order valence-corrected chi connectivity index (χ1v) is 5.37. The van der Waals surface area contributed by atoms with Crippen LogP contribution in [0.1, 0.15) is 18.4 Å². The third-order valence-corrected chi connectivity index (χ3v) is 2.10. The van der Waals surface area contributed by atoms with Crippen molar-refractivity contribution < 1.29 is 9.53 Å². The van der Waals surface area contributed by atoms with E-state index in [4.69, 9.17) is 4.74 Å². The van der Waals surface area contributed by atoms with Crippen LogP contribution in [-0.2, 0) is 4.79 Å². The second-order valence-electron chi connectivity index (χ2n) is 3.56. The molecule has 0 unspecified atom stereocenters. The Morgan fingerprint density at radius 1 is 1.31 bits per heavy atom. The van der Waals surface area contributed by atoms with Crippen LogP contribution in [0.25, 0.3) is 0 Å². The van der Waals surface area contributed by atoms with Gasteiger partial charge in [0.25, 0.3) is 0 Å². The zero-order chi connectivity index (χ0) is 11.8. The Hall–Kier alpha value is -1.55. The maximum absolute atomic E-state index is 11.1. The van der Waals surface area contributed by atoms with Crippen LogP contribution in [0.15, 0.2) is 24.3 Å². The minimum atomic E-state index is -0.0185. The van der Waals surface area contributed by atoms with Gasteiger partial charge in [0, 0.05) is 13.5 Å². The highest BCUT2D eigenvalue weighted by atomic mass is 16.5. The first-order chi connectivity index (χ1) is 7.72. The lowest BCUT2D eigenvalue weighted by Gasteiger charge is -2.06. The van der Waals surface area contributed by atoms with Crippen molar-refractivity contribution in [3.63, 3.8) is 0 Å². The summed E-state index contributed by atoms with van der Waals surface area (Å²) in [5.41, 5.74) is 6.31. The largest absolute Gasteiger partial charge is 0.494 e. The van der Waals surface area contributed by atoms with Gasteiger partial charge >= 0.3 is 0 Å². The molecule has 1 rings (SSSR count). The monoisotopic (exact) mass is 222 g/mol. The Morgan fingerprint density at radius 2 is 2.00 bits per heavy atom. The highest BCUT2D eigenvalue weighted by molar-refractivity contribution is 5.75. The van der Waals surface area contributed by atoms with E-state index in [1.54, 1.807) is 7.05 Å². The molecule has 4 nitrogen and oxygen atoms in total. The lowest BCUT2D eigenvalue weighted by molar-refractivity contribution is -0.122. The molecule has 0 aliphatic heterocycles. The molecule has 0 aromatic heterocycles. The summed E-state index contributed by atoms with van der Waals surface area (Å²) in [7, 11) is 1.67. The van der Waals surface area contributed by atoms with Crippen molar-refractivity contribution in [2.24, 2.45) is 0 Å². The van der Waals surface area contributed by atoms with Gasteiger partial charge in [-0.05, 0) is 25.5 Å². The van der Waals surface area contributed by atoms with Gasteiger partial charge in [-0.2, -0.15) is 0 Å². The molecular formula is C12H18N2O2. The quantitative estimate of drug-likeness (QED) is 0.565. The van der Waals surface area contributed by atoms with Crippen molar-refractivity contribution in [2.45, 2.75) is 19.8 Å². The predicted molar refractivity (Wildman–Crippen MR) is 63.1 cm³/mol. The van der Waals surface area contributed by atoms with E-state index in [0.29, 0.717) is 19.4 Å². The molecule has 88 valence electrons. The molecule has 0 saturated heterocycles. The number of ether oxygens (including phenoxy) is 1. The Kier molecular flexibility index (Phi) is 5.36. The van der Waals surface area contributed by atoms with Crippen LogP contribution in [0.5, 0.6) is 5.75 Å². The first-order valence-electron chi connectivity index (χ1n) is 5.37. The second-order valence-corrected chi connectivity index (χ2v) is 3.56. The van der Waals surface area contributed by atoms with Crippen LogP contribution in [0, 0.1) is 6.92 Å². The molecule has 0 spiro atoms. The zero-order valence-corrected chi connectivity index (χ0v) is 9.75. The molecule has 1 aromatic rings. The van der Waals surface area contributed by atoms with Crippen molar-refractivity contribution in [2.75, 3.05) is 13.7 Å². The molecule has 2 N–H and O–H groups in total. The summed E-state index contributed by atoms with van der Waals surface area (Å²) >= 11 is 0. The van der Waals surface area contributed by atoms with E-state index in [1.165, 1.54) is 5.56 Å². The zero-order valence-electron chi connectivity index (χ0n) is 9.75. The summed E-state index contributed by atoms with van der Waals surface area (Å²) in [6, 6.07) is 7.87. The maximum Gasteiger partial charge on any atom is 0.234 e. The summed E-state index contributed by atoms with van der Waals surface area (Å²) in [6.45, 7) is 2.59. The fourth-order valence-electron chi connectivity index (χ4n) is 1.26. The average Bonchev–Trinajstić information content (AvgIpc) is 2.27. The number of benzene rings is 1. The van der Waals surface area contributed by atoms with Crippen LogP contribution in [-0.4, -0.2) is 19.6 Å². The van der Waals surface area contributed by atoms with Gasteiger partial charge in [-0.1, -0.05) is 17.7 Å². The molecule has 0 aliphatic rings. The number of carbonyl (C=O) groups is 1. The van der Waals surface area contributed by atoms with E-state index in [-0.39, 0.29) is 5.91 Å². The average molecular weight is 222 g/mol. The lowest BCUT2D eigenvalue weighted by Crippen LogP contribution is -2.34. The molecule has 1 amide bonds. The standard InChI is InChI=1S/C12H18N2O2/c1-10-5-7-11(8-6-10)16-9-3-4-12(15)14-13-2/h5-8,13H,3-4,9H2,1-2H3,(H,14,15).